The molecule has 0 aliphatic carbocycles. The molecule has 158 valence electrons. The van der Waals surface area contributed by atoms with Crippen LogP contribution in [0.5, 0.6) is 0 Å². The molecule has 28 heavy (non-hydrogen) atoms. The topological polar surface area (TPSA) is 86.3 Å². The van der Waals surface area contributed by atoms with Crippen molar-refractivity contribution in [3.8, 4) is 0 Å². The van der Waals surface area contributed by atoms with Crippen LogP contribution in [-0.2, 0) is 16.1 Å². The van der Waals surface area contributed by atoms with Crippen LogP contribution >= 0.6 is 35.3 Å². The molecule has 1 aromatic heterocycles. The summed E-state index contributed by atoms with van der Waals surface area (Å²) in [5, 5.41) is 8.72. The van der Waals surface area contributed by atoms with Gasteiger partial charge in [-0.1, -0.05) is 6.07 Å². The molecule has 0 saturated carbocycles. The van der Waals surface area contributed by atoms with Crippen molar-refractivity contribution in [2.24, 2.45) is 4.99 Å². The third-order valence-electron chi connectivity index (χ3n) is 4.24. The van der Waals surface area contributed by atoms with Gasteiger partial charge in [0.2, 0.25) is 5.91 Å². The summed E-state index contributed by atoms with van der Waals surface area (Å²) in [6, 6.07) is 4.25. The van der Waals surface area contributed by atoms with Gasteiger partial charge in [0, 0.05) is 38.1 Å². The van der Waals surface area contributed by atoms with E-state index in [-0.39, 0.29) is 48.6 Å². The number of guanidine groups is 1. The first-order valence-electron chi connectivity index (χ1n) is 9.18. The lowest BCUT2D eigenvalue weighted by Gasteiger charge is -2.32. The van der Waals surface area contributed by atoms with Crippen LogP contribution < -0.4 is 10.6 Å². The first kappa shape index (κ1) is 24.5. The van der Waals surface area contributed by atoms with E-state index in [4.69, 9.17) is 4.74 Å². The number of likely N-dealkylation sites (N-methyl/N-ethyl adjacent to an activating group) is 1. The Kier molecular flexibility index (Phi) is 11.2. The van der Waals surface area contributed by atoms with Crippen molar-refractivity contribution >= 4 is 53.3 Å². The van der Waals surface area contributed by atoms with E-state index < -0.39 is 0 Å². The molecule has 1 aliphatic heterocycles. The highest BCUT2D eigenvalue weighted by atomic mass is 127. The fourth-order valence-corrected chi connectivity index (χ4v) is 3.28. The lowest BCUT2D eigenvalue weighted by atomic mass is 10.1. The quantitative estimate of drug-likeness (QED) is 0.339. The minimum atomic E-state index is -0.253. The number of piperidine rings is 1. The van der Waals surface area contributed by atoms with Gasteiger partial charge in [0.05, 0.1) is 13.2 Å². The summed E-state index contributed by atoms with van der Waals surface area (Å²) in [7, 11) is 3.43. The van der Waals surface area contributed by atoms with Crippen LogP contribution in [0.2, 0.25) is 0 Å². The predicted molar refractivity (Wildman–Crippen MR) is 122 cm³/mol. The van der Waals surface area contributed by atoms with Gasteiger partial charge in [-0.3, -0.25) is 4.79 Å². The zero-order chi connectivity index (χ0) is 19.6. The van der Waals surface area contributed by atoms with Crippen LogP contribution in [0.25, 0.3) is 0 Å². The number of likely N-dealkylation sites (tertiary alicyclic amines) is 1. The molecule has 0 bridgehead atoms. The Morgan fingerprint density at radius 1 is 1.36 bits per heavy atom. The van der Waals surface area contributed by atoms with Crippen molar-refractivity contribution in [1.29, 1.82) is 0 Å². The Balaban J connectivity index is 0.00000392. The van der Waals surface area contributed by atoms with E-state index in [2.05, 4.69) is 21.7 Å². The standard InChI is InChI=1S/C18H29N5O3S.HI/c1-4-26-18(25)23-9-7-14(8-10-23)21-17(20-13-16(24)22(2)3)19-12-15-6-5-11-27-15;/h5-6,11,14H,4,7-10,12-13H2,1-3H3,(H2,19,20,21);1H. The van der Waals surface area contributed by atoms with Crippen molar-refractivity contribution in [3.05, 3.63) is 22.4 Å². The summed E-state index contributed by atoms with van der Waals surface area (Å²) in [6.45, 7) is 4.23. The third-order valence-corrected chi connectivity index (χ3v) is 5.12. The van der Waals surface area contributed by atoms with Crippen LogP contribution in [0.4, 0.5) is 4.79 Å². The van der Waals surface area contributed by atoms with Crippen molar-refractivity contribution in [2.45, 2.75) is 32.4 Å². The molecule has 0 unspecified atom stereocenters. The van der Waals surface area contributed by atoms with Gasteiger partial charge in [-0.25, -0.2) is 9.79 Å². The zero-order valence-electron chi connectivity index (χ0n) is 16.6. The van der Waals surface area contributed by atoms with Crippen molar-refractivity contribution in [3.63, 3.8) is 0 Å². The number of nitrogens with one attached hydrogen (secondary N) is 2. The summed E-state index contributed by atoms with van der Waals surface area (Å²) in [6.07, 6.45) is 1.36. The number of carbonyl (C=O) groups excluding carboxylic acids is 2. The number of aliphatic imine (C=N–C) groups is 1. The maximum atomic E-state index is 11.9. The fraction of sp³-hybridized carbons (Fsp3) is 0.611. The van der Waals surface area contributed by atoms with E-state index >= 15 is 0 Å². The summed E-state index contributed by atoms with van der Waals surface area (Å²) in [5.74, 6) is 0.567. The summed E-state index contributed by atoms with van der Waals surface area (Å²) in [5.41, 5.74) is 0. The Hall–Kier alpha value is -1.56. The molecule has 0 aromatic carbocycles. The molecule has 10 heteroatoms. The second-order valence-electron chi connectivity index (χ2n) is 6.49. The molecular formula is C18H30IN5O3S. The zero-order valence-corrected chi connectivity index (χ0v) is 19.8. The third kappa shape index (κ3) is 8.21. The molecule has 2 rings (SSSR count). The highest BCUT2D eigenvalue weighted by Crippen LogP contribution is 2.12. The molecule has 2 amide bonds. The first-order chi connectivity index (χ1) is 13.0. The largest absolute Gasteiger partial charge is 0.450 e. The summed E-state index contributed by atoms with van der Waals surface area (Å²) in [4.78, 5) is 32.5. The van der Waals surface area contributed by atoms with Crippen molar-refractivity contribution in [1.82, 2.24) is 20.4 Å². The Morgan fingerprint density at radius 3 is 2.64 bits per heavy atom. The van der Waals surface area contributed by atoms with E-state index in [1.807, 2.05) is 18.4 Å². The van der Waals surface area contributed by atoms with E-state index in [1.54, 1.807) is 30.3 Å². The van der Waals surface area contributed by atoms with Gasteiger partial charge in [0.25, 0.3) is 0 Å². The van der Waals surface area contributed by atoms with Crippen LogP contribution in [0.1, 0.15) is 24.6 Å². The number of rotatable bonds is 6. The van der Waals surface area contributed by atoms with Crippen LogP contribution in [0.3, 0.4) is 0 Å². The minimum Gasteiger partial charge on any atom is -0.450 e. The van der Waals surface area contributed by atoms with Gasteiger partial charge in [-0.2, -0.15) is 0 Å². The Labute approximate surface area is 187 Å². The molecule has 0 atom stereocenters. The molecule has 8 nitrogen and oxygen atoms in total. The van der Waals surface area contributed by atoms with Gasteiger partial charge >= 0.3 is 6.09 Å². The Morgan fingerprint density at radius 2 is 2.07 bits per heavy atom. The molecule has 0 spiro atoms. The van der Waals surface area contributed by atoms with E-state index in [0.717, 1.165) is 12.8 Å². The molecule has 2 N–H and O–H groups in total. The number of hydrogen-bond donors (Lipinski definition) is 2. The minimum absolute atomic E-state index is 0. The number of amides is 2. The van der Waals surface area contributed by atoms with Gasteiger partial charge < -0.3 is 25.2 Å². The molecule has 1 saturated heterocycles. The number of ether oxygens (including phenoxy) is 1. The van der Waals surface area contributed by atoms with Crippen LogP contribution in [-0.4, -0.2) is 74.1 Å². The number of thiophene rings is 1. The van der Waals surface area contributed by atoms with Crippen molar-refractivity contribution in [2.75, 3.05) is 40.3 Å². The van der Waals surface area contributed by atoms with E-state index in [9.17, 15) is 9.59 Å². The normalized spacial score (nSPS) is 14.8. The van der Waals surface area contributed by atoms with E-state index in [1.165, 1.54) is 9.78 Å². The number of carbonyl (C=O) groups is 2. The van der Waals surface area contributed by atoms with Gasteiger partial charge in [-0.05, 0) is 31.2 Å². The number of hydrogen-bond acceptors (Lipinski definition) is 5. The highest BCUT2D eigenvalue weighted by Gasteiger charge is 2.24. The van der Waals surface area contributed by atoms with Crippen LogP contribution in [0.15, 0.2) is 22.5 Å². The summed E-state index contributed by atoms with van der Waals surface area (Å²) >= 11 is 1.67. The number of halogens is 1. The predicted octanol–water partition coefficient (Wildman–Crippen LogP) is 2.11. The van der Waals surface area contributed by atoms with Crippen molar-refractivity contribution < 1.29 is 14.3 Å². The highest BCUT2D eigenvalue weighted by molar-refractivity contribution is 14.0. The molecular weight excluding hydrogens is 493 g/mol. The number of nitrogens with zero attached hydrogens (tertiary/aromatic N) is 3. The molecule has 1 fully saturated rings. The fourth-order valence-electron chi connectivity index (χ4n) is 2.64. The lowest BCUT2D eigenvalue weighted by molar-refractivity contribution is -0.127. The average molecular weight is 523 g/mol. The summed E-state index contributed by atoms with van der Waals surface area (Å²) < 4.78 is 5.05. The average Bonchev–Trinajstić information content (AvgIpc) is 3.18. The maximum absolute atomic E-state index is 11.9. The smallest absolute Gasteiger partial charge is 0.409 e. The SMILES string of the molecule is CCOC(=O)N1CCC(NC(=NCC(=O)N(C)C)NCc2cccs2)CC1.I. The molecule has 1 aromatic rings. The van der Waals surface area contributed by atoms with Gasteiger partial charge in [0.15, 0.2) is 5.96 Å². The second-order valence-corrected chi connectivity index (χ2v) is 7.52. The van der Waals surface area contributed by atoms with E-state index in [0.29, 0.717) is 32.2 Å². The van der Waals surface area contributed by atoms with Gasteiger partial charge in [-0.15, -0.1) is 35.3 Å². The van der Waals surface area contributed by atoms with Crippen LogP contribution in [0, 0.1) is 0 Å². The molecule has 1 aliphatic rings. The Bertz CT molecular complexity index is 631. The molecule has 0 radical (unpaired) electrons. The first-order valence-corrected chi connectivity index (χ1v) is 10.1. The monoisotopic (exact) mass is 523 g/mol. The lowest BCUT2D eigenvalue weighted by Crippen LogP contribution is -2.50. The van der Waals surface area contributed by atoms with Gasteiger partial charge in [0.1, 0.15) is 6.54 Å². The maximum Gasteiger partial charge on any atom is 0.409 e. The molecule has 2 heterocycles. The second kappa shape index (κ2) is 12.8.